The predicted octanol–water partition coefficient (Wildman–Crippen LogP) is 0.579. The molecule has 0 aliphatic rings. The molecule has 1 aromatic rings. The second-order valence-corrected chi connectivity index (χ2v) is 6.82. The third-order valence-electron chi connectivity index (χ3n) is 1.40. The molecule has 96 valence electrons. The van der Waals surface area contributed by atoms with Gasteiger partial charge in [-0.15, -0.1) is 0 Å². The number of anilines is 2. The number of hydrogen-bond donors (Lipinski definition) is 2. The van der Waals surface area contributed by atoms with E-state index in [1.165, 1.54) is 0 Å². The van der Waals surface area contributed by atoms with Crippen molar-refractivity contribution < 1.29 is 11.0 Å². The van der Waals surface area contributed by atoms with Crippen molar-refractivity contribution in [2.45, 2.75) is 0 Å². The molecular formula is C7H11Cl3N4O2Sn. The zero-order valence-corrected chi connectivity index (χ0v) is 13.8. The van der Waals surface area contributed by atoms with E-state index < -0.39 is 18.9 Å². The van der Waals surface area contributed by atoms with E-state index >= 15 is 0 Å². The minimum atomic E-state index is -0.826. The van der Waals surface area contributed by atoms with Crippen LogP contribution in [0.5, 0.6) is 0 Å². The summed E-state index contributed by atoms with van der Waals surface area (Å²) in [5, 5.41) is 11.6. The molecule has 0 saturated heterocycles. The Kier molecular flexibility index (Phi) is 15.9. The Labute approximate surface area is 121 Å². The van der Waals surface area contributed by atoms with Gasteiger partial charge in [0.05, 0.1) is 11.4 Å². The van der Waals surface area contributed by atoms with E-state index in [2.05, 4.69) is 10.3 Å². The molecule has 0 bridgehead atoms. The standard InChI is InChI=1S/C7H7ClN4.2ClH.2H2O.Sn/c1-11-4-2-6(8)12-5(3-9)7(4)10;;;;;/h2H,10H2,1H3,(H,11,12);2*1H;2*1H2;/q;;;;;+2/p-2. The molecular weight excluding hydrogens is 397 g/mol. The van der Waals surface area contributed by atoms with E-state index in [4.69, 9.17) is 40.4 Å². The van der Waals surface area contributed by atoms with Gasteiger partial charge in [-0.1, -0.05) is 11.6 Å². The van der Waals surface area contributed by atoms with Gasteiger partial charge in [0.1, 0.15) is 11.2 Å². The van der Waals surface area contributed by atoms with Crippen LogP contribution in [0, 0.1) is 11.3 Å². The Balaban J connectivity index is -0.000000356. The molecule has 0 atom stereocenters. The molecule has 6 nitrogen and oxygen atoms in total. The number of nitrogens with two attached hydrogens (primary N) is 1. The number of halogens is 3. The molecule has 0 aliphatic carbocycles. The molecule has 2 radical (unpaired) electrons. The van der Waals surface area contributed by atoms with Crippen molar-refractivity contribution in [3.8, 4) is 6.07 Å². The Morgan fingerprint density at radius 3 is 2.29 bits per heavy atom. The van der Waals surface area contributed by atoms with Crippen molar-refractivity contribution in [1.29, 1.82) is 5.26 Å². The number of nitrogens with one attached hydrogen (secondary N) is 1. The first kappa shape index (κ1) is 22.0. The van der Waals surface area contributed by atoms with Crippen molar-refractivity contribution in [2.75, 3.05) is 18.1 Å². The van der Waals surface area contributed by atoms with Gasteiger partial charge < -0.3 is 22.0 Å². The number of nitrogen functional groups attached to an aromatic ring is 1. The third kappa shape index (κ3) is 7.70. The van der Waals surface area contributed by atoms with Crippen LogP contribution in [-0.2, 0) is 0 Å². The SMILES string of the molecule is CNc1cc(Cl)nc(C#N)c1N.O.O.[Cl][Sn][Cl]. The number of hydrogen-bond acceptors (Lipinski definition) is 4. The molecule has 1 aromatic heterocycles. The van der Waals surface area contributed by atoms with Gasteiger partial charge in [0.2, 0.25) is 0 Å². The normalized spacial score (nSPS) is 7.47. The number of aromatic nitrogens is 1. The third-order valence-corrected chi connectivity index (χ3v) is 1.60. The number of nitriles is 1. The summed E-state index contributed by atoms with van der Waals surface area (Å²) in [5.41, 5.74) is 6.65. The molecule has 0 fully saturated rings. The molecule has 7 N–H and O–H groups in total. The van der Waals surface area contributed by atoms with E-state index in [9.17, 15) is 0 Å². The van der Waals surface area contributed by atoms with Crippen LogP contribution in [0.1, 0.15) is 5.69 Å². The average Bonchev–Trinajstić information content (AvgIpc) is 2.22. The van der Waals surface area contributed by atoms with Crippen molar-refractivity contribution in [3.05, 3.63) is 16.9 Å². The fraction of sp³-hybridized carbons (Fsp3) is 0.143. The number of nitrogens with zero attached hydrogens (tertiary/aromatic N) is 2. The van der Waals surface area contributed by atoms with Gasteiger partial charge in [0.15, 0.2) is 5.69 Å². The topological polar surface area (TPSA) is 138 Å². The molecule has 0 aliphatic heterocycles. The Bertz CT molecular complexity index is 375. The number of pyridine rings is 1. The zero-order valence-electron chi connectivity index (χ0n) is 8.68. The fourth-order valence-corrected chi connectivity index (χ4v) is 1.01. The quantitative estimate of drug-likeness (QED) is 0.519. The molecule has 1 rings (SSSR count). The van der Waals surface area contributed by atoms with Crippen LogP contribution in [0.4, 0.5) is 11.4 Å². The molecule has 1 heterocycles. The summed E-state index contributed by atoms with van der Waals surface area (Å²) in [5.74, 6) is 0. The number of rotatable bonds is 1. The van der Waals surface area contributed by atoms with Gasteiger partial charge in [0.25, 0.3) is 0 Å². The maximum absolute atomic E-state index is 8.58. The van der Waals surface area contributed by atoms with Crippen LogP contribution in [0.2, 0.25) is 5.15 Å². The van der Waals surface area contributed by atoms with Gasteiger partial charge in [-0.3, -0.25) is 0 Å². The molecule has 17 heavy (non-hydrogen) atoms. The first-order chi connectivity index (χ1) is 7.10. The molecule has 0 spiro atoms. The monoisotopic (exact) mass is 408 g/mol. The minimum absolute atomic E-state index is 0. The van der Waals surface area contributed by atoms with Crippen molar-refractivity contribution >= 4 is 59.7 Å². The van der Waals surface area contributed by atoms with Gasteiger partial charge in [0, 0.05) is 13.1 Å². The van der Waals surface area contributed by atoms with Crippen LogP contribution in [-0.4, -0.2) is 41.9 Å². The fourth-order valence-electron chi connectivity index (χ4n) is 0.816. The Morgan fingerprint density at radius 1 is 1.47 bits per heavy atom. The van der Waals surface area contributed by atoms with Crippen molar-refractivity contribution in [1.82, 2.24) is 4.98 Å². The Hall–Kier alpha value is -0.171. The van der Waals surface area contributed by atoms with Crippen LogP contribution < -0.4 is 11.1 Å². The molecule has 0 aromatic carbocycles. The molecule has 0 saturated carbocycles. The van der Waals surface area contributed by atoms with Crippen LogP contribution >= 0.6 is 29.4 Å². The summed E-state index contributed by atoms with van der Waals surface area (Å²) in [6.45, 7) is 0. The van der Waals surface area contributed by atoms with Crippen LogP contribution in [0.15, 0.2) is 6.07 Å². The van der Waals surface area contributed by atoms with E-state index in [1.807, 2.05) is 6.07 Å². The van der Waals surface area contributed by atoms with Crippen LogP contribution in [0.25, 0.3) is 0 Å². The summed E-state index contributed by atoms with van der Waals surface area (Å²) < 4.78 is 0. The van der Waals surface area contributed by atoms with E-state index in [-0.39, 0.29) is 21.8 Å². The molecule has 0 amide bonds. The summed E-state index contributed by atoms with van der Waals surface area (Å²) in [4.78, 5) is 3.74. The summed E-state index contributed by atoms with van der Waals surface area (Å²) >= 11 is 4.80. The first-order valence-corrected chi connectivity index (χ1v) is 11.2. The summed E-state index contributed by atoms with van der Waals surface area (Å²) in [6.07, 6.45) is 0. The van der Waals surface area contributed by atoms with E-state index in [0.29, 0.717) is 11.4 Å². The molecule has 10 heteroatoms. The van der Waals surface area contributed by atoms with Gasteiger partial charge in [-0.2, -0.15) is 5.26 Å². The average molecular weight is 408 g/mol. The predicted molar refractivity (Wildman–Crippen MR) is 72.6 cm³/mol. The van der Waals surface area contributed by atoms with Crippen molar-refractivity contribution in [2.24, 2.45) is 0 Å². The van der Waals surface area contributed by atoms with Crippen molar-refractivity contribution in [3.63, 3.8) is 0 Å². The zero-order chi connectivity index (χ0) is 11.8. The Morgan fingerprint density at radius 2 is 1.94 bits per heavy atom. The second kappa shape index (κ2) is 12.3. The first-order valence-electron chi connectivity index (χ1n) is 3.60. The van der Waals surface area contributed by atoms with Gasteiger partial charge in [-0.25, -0.2) is 4.98 Å². The van der Waals surface area contributed by atoms with E-state index in [1.54, 1.807) is 13.1 Å². The summed E-state index contributed by atoms with van der Waals surface area (Å²) in [7, 11) is 11.6. The second-order valence-electron chi connectivity index (χ2n) is 2.19. The van der Waals surface area contributed by atoms with Gasteiger partial charge in [-0.05, 0) is 0 Å². The van der Waals surface area contributed by atoms with Gasteiger partial charge >= 0.3 is 36.7 Å². The summed E-state index contributed by atoms with van der Waals surface area (Å²) in [6, 6.07) is 3.42. The molecule has 0 unspecified atom stereocenters. The maximum atomic E-state index is 8.58. The van der Waals surface area contributed by atoms with Crippen LogP contribution in [0.3, 0.4) is 0 Å². The van der Waals surface area contributed by atoms with E-state index in [0.717, 1.165) is 0 Å².